The summed E-state index contributed by atoms with van der Waals surface area (Å²) in [5.41, 5.74) is -1.54. The van der Waals surface area contributed by atoms with Crippen LogP contribution in [0.3, 0.4) is 0 Å². The van der Waals surface area contributed by atoms with Crippen LogP contribution >= 0.6 is 11.6 Å². The highest BCUT2D eigenvalue weighted by atomic mass is 35.5. The van der Waals surface area contributed by atoms with Crippen LogP contribution in [0.25, 0.3) is 0 Å². The molecule has 0 bridgehead atoms. The zero-order valence-corrected chi connectivity index (χ0v) is 15.6. The van der Waals surface area contributed by atoms with Gasteiger partial charge in [-0.25, -0.2) is 0 Å². The Hall–Kier alpha value is -3.01. The van der Waals surface area contributed by atoms with Crippen molar-refractivity contribution in [3.8, 4) is 17.2 Å². The second-order valence-corrected chi connectivity index (χ2v) is 5.98. The summed E-state index contributed by atoms with van der Waals surface area (Å²) in [6, 6.07) is 4.86. The zero-order chi connectivity index (χ0) is 21.2. The monoisotopic (exact) mass is 418 g/mol. The lowest BCUT2D eigenvalue weighted by Crippen LogP contribution is -2.24. The molecular formula is C17H14ClF3N2O5. The van der Waals surface area contributed by atoms with E-state index in [9.17, 15) is 28.1 Å². The Morgan fingerprint density at radius 3 is 2.32 bits per heavy atom. The molecule has 0 aliphatic carbocycles. The van der Waals surface area contributed by atoms with Crippen LogP contribution in [0, 0.1) is 10.1 Å². The van der Waals surface area contributed by atoms with Crippen LogP contribution in [-0.2, 0) is 11.0 Å². The molecule has 2 aromatic rings. The van der Waals surface area contributed by atoms with Gasteiger partial charge in [-0.3, -0.25) is 14.9 Å². The molecule has 150 valence electrons. The Bertz CT molecular complexity index is 934. The predicted octanol–water partition coefficient (Wildman–Crippen LogP) is 5.05. The lowest BCUT2D eigenvalue weighted by molar-refractivity contribution is -0.385. The van der Waals surface area contributed by atoms with Crippen molar-refractivity contribution < 1.29 is 32.4 Å². The van der Waals surface area contributed by atoms with Gasteiger partial charge >= 0.3 is 11.9 Å². The van der Waals surface area contributed by atoms with E-state index in [1.807, 2.05) is 0 Å². The number of methoxy groups -OCH3 is 1. The fraction of sp³-hybridized carbons (Fsp3) is 0.235. The molecule has 2 rings (SSSR count). The number of carbonyl (C=O) groups excluding carboxylic acids is 1. The van der Waals surface area contributed by atoms with Gasteiger partial charge in [0.1, 0.15) is 17.2 Å². The molecule has 0 spiro atoms. The minimum absolute atomic E-state index is 0.0211. The Kier molecular flexibility index (Phi) is 6.03. The highest BCUT2D eigenvalue weighted by Crippen LogP contribution is 2.43. The number of ether oxygens (including phenoxy) is 2. The van der Waals surface area contributed by atoms with Gasteiger partial charge in [-0.15, -0.1) is 0 Å². The topological polar surface area (TPSA) is 81.9 Å². The highest BCUT2D eigenvalue weighted by molar-refractivity contribution is 6.32. The number of carbonyl (C=O) groups is 1. The van der Waals surface area contributed by atoms with Gasteiger partial charge in [0.2, 0.25) is 11.7 Å². The number of rotatable bonds is 5. The number of alkyl halides is 3. The summed E-state index contributed by atoms with van der Waals surface area (Å²) < 4.78 is 48.7. The SMILES string of the molecule is COc1cc(Oc2ccc(C(F)(F)F)cc2Cl)cc(N(C)C(C)=O)c1[N+](=O)[O-]. The van der Waals surface area contributed by atoms with Crippen LogP contribution in [0.5, 0.6) is 17.2 Å². The van der Waals surface area contributed by atoms with E-state index >= 15 is 0 Å². The molecule has 2 aromatic carbocycles. The average Bonchev–Trinajstić information content (AvgIpc) is 2.60. The van der Waals surface area contributed by atoms with E-state index in [0.717, 1.165) is 17.0 Å². The summed E-state index contributed by atoms with van der Waals surface area (Å²) in [6.45, 7) is 1.20. The fourth-order valence-corrected chi connectivity index (χ4v) is 2.50. The molecular weight excluding hydrogens is 405 g/mol. The van der Waals surface area contributed by atoms with E-state index in [1.165, 1.54) is 33.2 Å². The van der Waals surface area contributed by atoms with Crippen LogP contribution in [-0.4, -0.2) is 25.0 Å². The average molecular weight is 419 g/mol. The molecule has 0 aliphatic heterocycles. The Morgan fingerprint density at radius 1 is 1.21 bits per heavy atom. The summed E-state index contributed by atoms with van der Waals surface area (Å²) in [6.07, 6.45) is -4.57. The van der Waals surface area contributed by atoms with Crippen molar-refractivity contribution in [1.82, 2.24) is 0 Å². The van der Waals surface area contributed by atoms with Crippen LogP contribution in [0.15, 0.2) is 30.3 Å². The van der Waals surface area contributed by atoms with Gasteiger partial charge in [0.05, 0.1) is 22.6 Å². The third kappa shape index (κ3) is 4.45. The van der Waals surface area contributed by atoms with Crippen LogP contribution in [0.1, 0.15) is 12.5 Å². The Labute approximate surface area is 162 Å². The molecule has 0 unspecified atom stereocenters. The largest absolute Gasteiger partial charge is 0.490 e. The molecule has 0 saturated heterocycles. The third-order valence-electron chi connectivity index (χ3n) is 3.75. The lowest BCUT2D eigenvalue weighted by Gasteiger charge is -2.18. The number of hydrogen-bond acceptors (Lipinski definition) is 5. The molecule has 0 N–H and O–H groups in total. The van der Waals surface area contributed by atoms with Crippen molar-refractivity contribution >= 4 is 28.9 Å². The van der Waals surface area contributed by atoms with E-state index in [0.29, 0.717) is 6.07 Å². The number of hydrogen-bond donors (Lipinski definition) is 0. The van der Waals surface area contributed by atoms with E-state index in [-0.39, 0.29) is 28.0 Å². The van der Waals surface area contributed by atoms with Gasteiger partial charge < -0.3 is 14.4 Å². The van der Waals surface area contributed by atoms with Crippen LogP contribution < -0.4 is 14.4 Å². The maximum atomic E-state index is 12.7. The molecule has 28 heavy (non-hydrogen) atoms. The van der Waals surface area contributed by atoms with E-state index in [1.54, 1.807) is 0 Å². The minimum atomic E-state index is -4.57. The number of amides is 1. The standard InChI is InChI=1S/C17H14ClF3N2O5/c1-9(24)22(2)13-7-11(8-15(27-3)16(13)23(25)26)28-14-5-4-10(6-12(14)18)17(19,20)21/h4-8H,1-3H3. The minimum Gasteiger partial charge on any atom is -0.490 e. The molecule has 0 fully saturated rings. The Balaban J connectivity index is 2.54. The summed E-state index contributed by atoms with van der Waals surface area (Å²) in [4.78, 5) is 23.4. The first-order chi connectivity index (χ1) is 13.0. The fourth-order valence-electron chi connectivity index (χ4n) is 2.28. The van der Waals surface area contributed by atoms with Crippen molar-refractivity contribution in [2.45, 2.75) is 13.1 Å². The second-order valence-electron chi connectivity index (χ2n) is 5.57. The zero-order valence-electron chi connectivity index (χ0n) is 14.8. The molecule has 0 saturated carbocycles. The Morgan fingerprint density at radius 2 is 1.86 bits per heavy atom. The molecule has 7 nitrogen and oxygen atoms in total. The van der Waals surface area contributed by atoms with Crippen molar-refractivity contribution in [1.29, 1.82) is 0 Å². The van der Waals surface area contributed by atoms with Crippen molar-refractivity contribution in [2.75, 3.05) is 19.1 Å². The van der Waals surface area contributed by atoms with Crippen LogP contribution in [0.2, 0.25) is 5.02 Å². The maximum Gasteiger partial charge on any atom is 0.416 e. The predicted molar refractivity (Wildman–Crippen MR) is 95.3 cm³/mol. The second kappa shape index (κ2) is 7.93. The van der Waals surface area contributed by atoms with E-state index < -0.39 is 28.3 Å². The van der Waals surface area contributed by atoms with Gasteiger partial charge in [0.15, 0.2) is 0 Å². The molecule has 1 amide bonds. The first-order valence-electron chi connectivity index (χ1n) is 7.61. The normalized spacial score (nSPS) is 11.1. The molecule has 0 aliphatic rings. The molecule has 0 heterocycles. The third-order valence-corrected chi connectivity index (χ3v) is 4.05. The smallest absolute Gasteiger partial charge is 0.416 e. The first kappa shape index (κ1) is 21.3. The molecule has 0 aromatic heterocycles. The van der Waals surface area contributed by atoms with Gasteiger partial charge in [-0.2, -0.15) is 13.2 Å². The molecule has 11 heteroatoms. The number of halogens is 4. The van der Waals surface area contributed by atoms with Gasteiger partial charge in [0, 0.05) is 26.1 Å². The summed E-state index contributed by atoms with van der Waals surface area (Å²) in [5, 5.41) is 11.1. The van der Waals surface area contributed by atoms with E-state index in [4.69, 9.17) is 21.1 Å². The lowest BCUT2D eigenvalue weighted by atomic mass is 10.2. The number of nitro benzene ring substituents is 1. The molecule has 0 atom stereocenters. The van der Waals surface area contributed by atoms with Crippen molar-refractivity contribution in [3.63, 3.8) is 0 Å². The van der Waals surface area contributed by atoms with Crippen molar-refractivity contribution in [2.24, 2.45) is 0 Å². The summed E-state index contributed by atoms with van der Waals surface area (Å²) in [7, 11) is 2.51. The summed E-state index contributed by atoms with van der Waals surface area (Å²) in [5.74, 6) is -0.822. The number of anilines is 1. The highest BCUT2D eigenvalue weighted by Gasteiger charge is 2.31. The molecule has 0 radical (unpaired) electrons. The van der Waals surface area contributed by atoms with Gasteiger partial charge in [-0.05, 0) is 18.2 Å². The van der Waals surface area contributed by atoms with Gasteiger partial charge in [0.25, 0.3) is 0 Å². The number of nitrogens with zero attached hydrogens (tertiary/aromatic N) is 2. The van der Waals surface area contributed by atoms with Crippen molar-refractivity contribution in [3.05, 3.63) is 51.0 Å². The number of nitro groups is 1. The quantitative estimate of drug-likeness (QED) is 0.501. The summed E-state index contributed by atoms with van der Waals surface area (Å²) >= 11 is 5.86. The van der Waals surface area contributed by atoms with Gasteiger partial charge in [-0.1, -0.05) is 11.6 Å². The maximum absolute atomic E-state index is 12.7. The van der Waals surface area contributed by atoms with E-state index in [2.05, 4.69) is 0 Å². The van der Waals surface area contributed by atoms with Crippen LogP contribution in [0.4, 0.5) is 24.5 Å². The number of benzene rings is 2. The first-order valence-corrected chi connectivity index (χ1v) is 7.98.